The lowest BCUT2D eigenvalue weighted by molar-refractivity contribution is -0.125. The smallest absolute Gasteiger partial charge is 0.251 e. The Morgan fingerprint density at radius 1 is 1.06 bits per heavy atom. The van der Waals surface area contributed by atoms with Crippen molar-refractivity contribution >= 4 is 11.8 Å². The average molecular weight is 442 g/mol. The van der Waals surface area contributed by atoms with Crippen molar-refractivity contribution in [3.63, 3.8) is 0 Å². The van der Waals surface area contributed by atoms with Crippen LogP contribution in [0.4, 0.5) is 4.39 Å². The maximum Gasteiger partial charge on any atom is 0.251 e. The zero-order valence-corrected chi connectivity index (χ0v) is 17.1. The fourth-order valence-electron chi connectivity index (χ4n) is 3.47. The Morgan fingerprint density at radius 3 is 2.62 bits per heavy atom. The SMILES string of the molecule is O=C(C[C@H]1C=C[C@H](NC(=O)c2ccc3c(c2)OCO3)[C@@H](CO)O1)NCc1ccc(F)cc1. The monoisotopic (exact) mass is 442 g/mol. The van der Waals surface area contributed by atoms with Crippen LogP contribution in [0.1, 0.15) is 22.3 Å². The predicted octanol–water partition coefficient (Wildman–Crippen LogP) is 1.68. The Labute approximate surface area is 184 Å². The minimum atomic E-state index is -0.701. The van der Waals surface area contributed by atoms with E-state index in [9.17, 15) is 19.1 Å². The zero-order chi connectivity index (χ0) is 22.5. The van der Waals surface area contributed by atoms with Crippen molar-refractivity contribution in [2.45, 2.75) is 31.2 Å². The number of hydrogen-bond donors (Lipinski definition) is 3. The molecule has 3 atom stereocenters. The largest absolute Gasteiger partial charge is 0.454 e. The lowest BCUT2D eigenvalue weighted by atomic mass is 10.0. The Balaban J connectivity index is 1.30. The molecule has 0 saturated heterocycles. The number of nitrogens with one attached hydrogen (secondary N) is 2. The second-order valence-corrected chi connectivity index (χ2v) is 7.46. The number of amides is 2. The van der Waals surface area contributed by atoms with Crippen molar-refractivity contribution in [1.82, 2.24) is 10.6 Å². The summed E-state index contributed by atoms with van der Waals surface area (Å²) in [5.41, 5.74) is 1.17. The summed E-state index contributed by atoms with van der Waals surface area (Å²) in [6, 6.07) is 10.2. The first-order chi connectivity index (χ1) is 15.5. The molecule has 2 aliphatic rings. The Hall–Kier alpha value is -3.43. The third-order valence-electron chi connectivity index (χ3n) is 5.19. The first kappa shape index (κ1) is 21.8. The Bertz CT molecular complexity index is 1010. The highest BCUT2D eigenvalue weighted by atomic mass is 19.1. The van der Waals surface area contributed by atoms with Gasteiger partial charge in [0.05, 0.1) is 25.2 Å². The summed E-state index contributed by atoms with van der Waals surface area (Å²) in [7, 11) is 0. The van der Waals surface area contributed by atoms with E-state index in [4.69, 9.17) is 14.2 Å². The minimum absolute atomic E-state index is 0.0526. The van der Waals surface area contributed by atoms with Gasteiger partial charge in [-0.05, 0) is 35.9 Å². The van der Waals surface area contributed by atoms with Gasteiger partial charge < -0.3 is 30.0 Å². The van der Waals surface area contributed by atoms with Crippen LogP contribution in [0.3, 0.4) is 0 Å². The number of ether oxygens (including phenoxy) is 3. The normalized spacial score (nSPS) is 21.2. The van der Waals surface area contributed by atoms with Crippen LogP contribution >= 0.6 is 0 Å². The highest BCUT2D eigenvalue weighted by molar-refractivity contribution is 5.95. The lowest BCUT2D eigenvalue weighted by Crippen LogP contribution is -2.49. The second kappa shape index (κ2) is 9.80. The molecule has 9 heteroatoms. The van der Waals surface area contributed by atoms with E-state index in [1.54, 1.807) is 42.5 Å². The van der Waals surface area contributed by atoms with Crippen LogP contribution in [0.25, 0.3) is 0 Å². The number of carbonyl (C=O) groups is 2. The van der Waals surface area contributed by atoms with Gasteiger partial charge in [-0.2, -0.15) is 0 Å². The Kier molecular flexibility index (Phi) is 6.67. The van der Waals surface area contributed by atoms with Crippen LogP contribution in [0.5, 0.6) is 11.5 Å². The molecule has 0 saturated carbocycles. The molecule has 2 amide bonds. The van der Waals surface area contributed by atoms with Gasteiger partial charge in [-0.3, -0.25) is 9.59 Å². The van der Waals surface area contributed by atoms with Crippen LogP contribution in [-0.2, 0) is 16.1 Å². The number of aliphatic hydroxyl groups excluding tert-OH is 1. The van der Waals surface area contributed by atoms with Crippen LogP contribution in [-0.4, -0.2) is 48.6 Å². The van der Waals surface area contributed by atoms with E-state index in [2.05, 4.69) is 10.6 Å². The van der Waals surface area contributed by atoms with Crippen LogP contribution in [0.2, 0.25) is 0 Å². The van der Waals surface area contributed by atoms with E-state index in [-0.39, 0.29) is 44.0 Å². The predicted molar refractivity (Wildman–Crippen MR) is 112 cm³/mol. The van der Waals surface area contributed by atoms with Gasteiger partial charge in [0.1, 0.15) is 11.9 Å². The van der Waals surface area contributed by atoms with Crippen molar-refractivity contribution in [1.29, 1.82) is 0 Å². The van der Waals surface area contributed by atoms with E-state index in [0.717, 1.165) is 5.56 Å². The molecule has 3 N–H and O–H groups in total. The average Bonchev–Trinajstić information content (AvgIpc) is 3.27. The van der Waals surface area contributed by atoms with Gasteiger partial charge in [0.25, 0.3) is 5.91 Å². The molecular formula is C23H23FN2O6. The molecule has 4 rings (SSSR count). The maximum atomic E-state index is 13.0. The van der Waals surface area contributed by atoms with Crippen LogP contribution in [0, 0.1) is 5.82 Å². The van der Waals surface area contributed by atoms with Crippen molar-refractivity contribution in [2.75, 3.05) is 13.4 Å². The van der Waals surface area contributed by atoms with E-state index < -0.39 is 18.2 Å². The second-order valence-electron chi connectivity index (χ2n) is 7.46. The number of fused-ring (bicyclic) bond motifs is 1. The third-order valence-corrected chi connectivity index (χ3v) is 5.19. The molecule has 0 unspecified atom stereocenters. The summed E-state index contributed by atoms with van der Waals surface area (Å²) in [4.78, 5) is 24.8. The topological polar surface area (TPSA) is 106 Å². The van der Waals surface area contributed by atoms with Gasteiger partial charge in [0.2, 0.25) is 12.7 Å². The molecule has 0 aliphatic carbocycles. The summed E-state index contributed by atoms with van der Waals surface area (Å²) in [6.45, 7) is 0.0579. The standard InChI is InChI=1S/C23H23FN2O6/c24-16-4-1-14(2-5-16)11-25-22(28)10-17-6-7-18(21(12-27)32-17)26-23(29)15-3-8-19-20(9-15)31-13-30-19/h1-9,17-18,21,27H,10-13H2,(H,25,28)(H,26,29)/t17-,18+,21-/m1/s1. The molecule has 0 bridgehead atoms. The number of carbonyl (C=O) groups excluding carboxylic acids is 2. The number of rotatable bonds is 7. The maximum absolute atomic E-state index is 13.0. The van der Waals surface area contributed by atoms with Crippen molar-refractivity contribution in [3.8, 4) is 11.5 Å². The van der Waals surface area contributed by atoms with Crippen LogP contribution < -0.4 is 20.1 Å². The first-order valence-electron chi connectivity index (χ1n) is 10.2. The van der Waals surface area contributed by atoms with Crippen molar-refractivity contribution in [3.05, 3.63) is 71.6 Å². The summed E-state index contributed by atoms with van der Waals surface area (Å²) >= 11 is 0. The van der Waals surface area contributed by atoms with Gasteiger partial charge in [0.15, 0.2) is 11.5 Å². The van der Waals surface area contributed by atoms with Gasteiger partial charge >= 0.3 is 0 Å². The molecule has 2 aromatic carbocycles. The molecule has 0 radical (unpaired) electrons. The molecule has 2 aromatic rings. The number of halogens is 1. The minimum Gasteiger partial charge on any atom is -0.454 e. The zero-order valence-electron chi connectivity index (χ0n) is 17.1. The quantitative estimate of drug-likeness (QED) is 0.564. The van der Waals surface area contributed by atoms with Gasteiger partial charge in [0, 0.05) is 12.1 Å². The Morgan fingerprint density at radius 2 is 1.84 bits per heavy atom. The molecule has 0 aromatic heterocycles. The van der Waals surface area contributed by atoms with Gasteiger partial charge in [-0.25, -0.2) is 4.39 Å². The summed E-state index contributed by atoms with van der Waals surface area (Å²) in [5.74, 6) is 0.143. The summed E-state index contributed by atoms with van der Waals surface area (Å²) in [6.07, 6.45) is 2.21. The van der Waals surface area contributed by atoms with Gasteiger partial charge in [-0.1, -0.05) is 24.3 Å². The molecular weight excluding hydrogens is 419 g/mol. The van der Waals surface area contributed by atoms with E-state index in [1.807, 2.05) is 0 Å². The van der Waals surface area contributed by atoms with E-state index in [0.29, 0.717) is 17.1 Å². The number of benzene rings is 2. The summed E-state index contributed by atoms with van der Waals surface area (Å²) in [5, 5.41) is 15.3. The molecule has 8 nitrogen and oxygen atoms in total. The highest BCUT2D eigenvalue weighted by Crippen LogP contribution is 2.32. The summed E-state index contributed by atoms with van der Waals surface area (Å²) < 4.78 is 29.3. The highest BCUT2D eigenvalue weighted by Gasteiger charge is 2.29. The molecule has 2 aliphatic heterocycles. The molecule has 32 heavy (non-hydrogen) atoms. The lowest BCUT2D eigenvalue weighted by Gasteiger charge is -2.31. The van der Waals surface area contributed by atoms with E-state index in [1.165, 1.54) is 12.1 Å². The van der Waals surface area contributed by atoms with Crippen LogP contribution in [0.15, 0.2) is 54.6 Å². The fraction of sp³-hybridized carbons (Fsp3) is 0.304. The van der Waals surface area contributed by atoms with Gasteiger partial charge in [-0.15, -0.1) is 0 Å². The fourth-order valence-corrected chi connectivity index (χ4v) is 3.47. The van der Waals surface area contributed by atoms with Crippen molar-refractivity contribution in [2.24, 2.45) is 0 Å². The molecule has 0 spiro atoms. The van der Waals surface area contributed by atoms with E-state index >= 15 is 0 Å². The molecule has 168 valence electrons. The number of aliphatic hydroxyl groups is 1. The molecule has 2 heterocycles. The first-order valence-corrected chi connectivity index (χ1v) is 10.2. The molecule has 0 fully saturated rings. The number of hydrogen-bond acceptors (Lipinski definition) is 6. The third kappa shape index (κ3) is 5.24. The van der Waals surface area contributed by atoms with Crippen molar-refractivity contribution < 1.29 is 33.3 Å².